The van der Waals surface area contributed by atoms with Crippen LogP contribution in [0, 0.1) is 0 Å². The molecule has 2 aromatic heterocycles. The lowest BCUT2D eigenvalue weighted by Crippen LogP contribution is -2.25. The van der Waals surface area contributed by atoms with Crippen LogP contribution in [0.25, 0.3) is 22.3 Å². The van der Waals surface area contributed by atoms with E-state index < -0.39 is 0 Å². The number of benzene rings is 2. The standard InChI is InChI=1S/C19H16N4O2/c24-18(21-11-9-13-5-2-1-3-6-13)19-22-17(23-25-19)15-7-4-8-16-14(15)10-12-20-16/h1-8,10,12,20H,9,11H2,(H,21,24). The summed E-state index contributed by atoms with van der Waals surface area (Å²) in [6.07, 6.45) is 2.60. The fourth-order valence-corrected chi connectivity index (χ4v) is 2.75. The number of H-pyrrole nitrogens is 1. The van der Waals surface area contributed by atoms with Gasteiger partial charge < -0.3 is 14.8 Å². The number of hydrogen-bond acceptors (Lipinski definition) is 4. The predicted octanol–water partition coefficient (Wildman–Crippen LogP) is 3.19. The van der Waals surface area contributed by atoms with Crippen molar-refractivity contribution >= 4 is 16.8 Å². The second-order valence-electron chi connectivity index (χ2n) is 5.66. The van der Waals surface area contributed by atoms with Crippen LogP contribution in [-0.2, 0) is 6.42 Å². The van der Waals surface area contributed by atoms with Crippen LogP contribution in [0.5, 0.6) is 0 Å². The lowest BCUT2D eigenvalue weighted by Gasteiger charge is -2.02. The number of aromatic amines is 1. The van der Waals surface area contributed by atoms with Gasteiger partial charge in [0.05, 0.1) is 0 Å². The summed E-state index contributed by atoms with van der Waals surface area (Å²) in [5, 5.41) is 7.73. The number of aromatic nitrogens is 3. The summed E-state index contributed by atoms with van der Waals surface area (Å²) in [5.41, 5.74) is 2.97. The molecular weight excluding hydrogens is 316 g/mol. The lowest BCUT2D eigenvalue weighted by molar-refractivity contribution is 0.0910. The average Bonchev–Trinajstić information content (AvgIpc) is 3.32. The maximum absolute atomic E-state index is 12.2. The third kappa shape index (κ3) is 3.14. The molecule has 6 nitrogen and oxygen atoms in total. The number of nitrogens with one attached hydrogen (secondary N) is 2. The second kappa shape index (κ2) is 6.60. The van der Waals surface area contributed by atoms with E-state index in [9.17, 15) is 4.79 Å². The minimum atomic E-state index is -0.365. The molecule has 2 aromatic carbocycles. The predicted molar refractivity (Wildman–Crippen MR) is 94.1 cm³/mol. The second-order valence-corrected chi connectivity index (χ2v) is 5.66. The molecule has 2 heterocycles. The Bertz CT molecular complexity index is 1000. The molecule has 25 heavy (non-hydrogen) atoms. The van der Waals surface area contributed by atoms with Crippen LogP contribution in [0.3, 0.4) is 0 Å². The third-order valence-corrected chi connectivity index (χ3v) is 4.00. The van der Waals surface area contributed by atoms with Gasteiger partial charge in [-0.05, 0) is 24.1 Å². The first-order valence-corrected chi connectivity index (χ1v) is 8.03. The van der Waals surface area contributed by atoms with Gasteiger partial charge >= 0.3 is 11.8 Å². The first-order valence-electron chi connectivity index (χ1n) is 8.03. The van der Waals surface area contributed by atoms with Gasteiger partial charge in [-0.25, -0.2) is 0 Å². The Morgan fingerprint density at radius 2 is 1.96 bits per heavy atom. The average molecular weight is 332 g/mol. The molecule has 0 aliphatic heterocycles. The molecule has 2 N–H and O–H groups in total. The number of nitrogens with zero attached hydrogens (tertiary/aromatic N) is 2. The van der Waals surface area contributed by atoms with Gasteiger partial charge in [0.25, 0.3) is 0 Å². The van der Waals surface area contributed by atoms with Crippen molar-refractivity contribution < 1.29 is 9.32 Å². The summed E-state index contributed by atoms with van der Waals surface area (Å²) in [4.78, 5) is 19.5. The summed E-state index contributed by atoms with van der Waals surface area (Å²) >= 11 is 0. The summed E-state index contributed by atoms with van der Waals surface area (Å²) < 4.78 is 5.13. The summed E-state index contributed by atoms with van der Waals surface area (Å²) in [6.45, 7) is 0.508. The minimum Gasteiger partial charge on any atom is -0.361 e. The van der Waals surface area contributed by atoms with E-state index >= 15 is 0 Å². The van der Waals surface area contributed by atoms with Crippen LogP contribution in [0.2, 0.25) is 0 Å². The van der Waals surface area contributed by atoms with Gasteiger partial charge in [0.15, 0.2) is 0 Å². The number of hydrogen-bond donors (Lipinski definition) is 2. The van der Waals surface area contributed by atoms with Crippen LogP contribution in [0.15, 0.2) is 65.3 Å². The SMILES string of the molecule is O=C(NCCc1ccccc1)c1nc(-c2cccc3[nH]ccc23)no1. The molecule has 0 bridgehead atoms. The fraction of sp³-hybridized carbons (Fsp3) is 0.105. The number of amides is 1. The van der Waals surface area contributed by atoms with Crippen molar-refractivity contribution in [2.75, 3.05) is 6.54 Å². The molecule has 4 rings (SSSR count). The van der Waals surface area contributed by atoms with Crippen molar-refractivity contribution in [1.29, 1.82) is 0 Å². The largest absolute Gasteiger partial charge is 0.361 e. The van der Waals surface area contributed by atoms with E-state index in [0.717, 1.165) is 28.5 Å². The smallest absolute Gasteiger partial charge is 0.316 e. The Kier molecular flexibility index (Phi) is 4.00. The van der Waals surface area contributed by atoms with Crippen molar-refractivity contribution in [2.45, 2.75) is 6.42 Å². The molecule has 4 aromatic rings. The highest BCUT2D eigenvalue weighted by molar-refractivity contribution is 5.94. The zero-order chi connectivity index (χ0) is 17.1. The van der Waals surface area contributed by atoms with Crippen molar-refractivity contribution in [3.8, 4) is 11.4 Å². The maximum Gasteiger partial charge on any atom is 0.316 e. The monoisotopic (exact) mass is 332 g/mol. The summed E-state index contributed by atoms with van der Waals surface area (Å²) in [5.74, 6) is 0.00457. The van der Waals surface area contributed by atoms with Gasteiger partial charge in [0.2, 0.25) is 5.82 Å². The quantitative estimate of drug-likeness (QED) is 0.588. The van der Waals surface area contributed by atoms with Crippen LogP contribution in [0.1, 0.15) is 16.2 Å². The lowest BCUT2D eigenvalue weighted by atomic mass is 10.1. The van der Waals surface area contributed by atoms with E-state index in [0.29, 0.717) is 12.4 Å². The van der Waals surface area contributed by atoms with E-state index in [4.69, 9.17) is 4.52 Å². The van der Waals surface area contributed by atoms with Gasteiger partial charge in [-0.15, -0.1) is 0 Å². The zero-order valence-electron chi connectivity index (χ0n) is 13.4. The Balaban J connectivity index is 1.45. The third-order valence-electron chi connectivity index (χ3n) is 4.00. The van der Waals surface area contributed by atoms with E-state index in [2.05, 4.69) is 20.4 Å². The molecule has 0 spiro atoms. The minimum absolute atomic E-state index is 0.0319. The number of fused-ring (bicyclic) bond motifs is 1. The molecule has 0 radical (unpaired) electrons. The van der Waals surface area contributed by atoms with E-state index in [1.807, 2.05) is 60.8 Å². The molecule has 0 atom stereocenters. The Labute approximate surface area is 143 Å². The Morgan fingerprint density at radius 3 is 2.84 bits per heavy atom. The van der Waals surface area contributed by atoms with Crippen LogP contribution < -0.4 is 5.32 Å². The molecule has 0 saturated heterocycles. The van der Waals surface area contributed by atoms with Crippen LogP contribution >= 0.6 is 0 Å². The molecule has 1 amide bonds. The first kappa shape index (κ1) is 15.1. The molecule has 0 aliphatic carbocycles. The Morgan fingerprint density at radius 1 is 1.08 bits per heavy atom. The van der Waals surface area contributed by atoms with Gasteiger partial charge in [-0.2, -0.15) is 4.98 Å². The first-order chi connectivity index (χ1) is 12.3. The molecular formula is C19H16N4O2. The molecule has 124 valence electrons. The number of rotatable bonds is 5. The summed E-state index contributed by atoms with van der Waals surface area (Å²) in [7, 11) is 0. The van der Waals surface area contributed by atoms with Gasteiger partial charge in [0.1, 0.15) is 0 Å². The normalized spacial score (nSPS) is 10.9. The highest BCUT2D eigenvalue weighted by Gasteiger charge is 2.17. The van der Waals surface area contributed by atoms with Gasteiger partial charge in [-0.3, -0.25) is 4.79 Å². The number of carbonyl (C=O) groups excluding carboxylic acids is 1. The maximum atomic E-state index is 12.2. The van der Waals surface area contributed by atoms with E-state index in [1.165, 1.54) is 0 Å². The highest BCUT2D eigenvalue weighted by atomic mass is 16.5. The van der Waals surface area contributed by atoms with E-state index in [1.54, 1.807) is 0 Å². The van der Waals surface area contributed by atoms with Crippen molar-refractivity contribution in [3.05, 3.63) is 72.2 Å². The summed E-state index contributed by atoms with van der Waals surface area (Å²) in [6, 6.07) is 17.7. The molecule has 0 aliphatic rings. The van der Waals surface area contributed by atoms with Crippen molar-refractivity contribution in [2.24, 2.45) is 0 Å². The van der Waals surface area contributed by atoms with Crippen molar-refractivity contribution in [1.82, 2.24) is 20.4 Å². The molecule has 0 fully saturated rings. The molecule has 0 unspecified atom stereocenters. The van der Waals surface area contributed by atoms with Crippen molar-refractivity contribution in [3.63, 3.8) is 0 Å². The van der Waals surface area contributed by atoms with Gasteiger partial charge in [-0.1, -0.05) is 47.6 Å². The number of carbonyl (C=O) groups is 1. The van der Waals surface area contributed by atoms with Crippen LogP contribution in [-0.4, -0.2) is 27.6 Å². The Hall–Kier alpha value is -3.41. The highest BCUT2D eigenvalue weighted by Crippen LogP contribution is 2.25. The van der Waals surface area contributed by atoms with Gasteiger partial charge in [0, 0.05) is 29.2 Å². The molecule has 0 saturated carbocycles. The molecule has 6 heteroatoms. The fourth-order valence-electron chi connectivity index (χ4n) is 2.75. The van der Waals surface area contributed by atoms with E-state index in [-0.39, 0.29) is 11.8 Å². The van der Waals surface area contributed by atoms with Crippen LogP contribution in [0.4, 0.5) is 0 Å². The zero-order valence-corrected chi connectivity index (χ0v) is 13.4. The topological polar surface area (TPSA) is 83.8 Å².